The molecule has 0 aliphatic carbocycles. The van der Waals surface area contributed by atoms with Crippen molar-refractivity contribution in [3.63, 3.8) is 0 Å². The summed E-state index contributed by atoms with van der Waals surface area (Å²) in [5, 5.41) is 9.87. The van der Waals surface area contributed by atoms with Crippen molar-refractivity contribution in [2.75, 3.05) is 13.1 Å². The molecule has 1 fully saturated rings. The number of alkyl halides is 3. The molecule has 1 amide bonds. The van der Waals surface area contributed by atoms with Crippen LogP contribution in [-0.2, 0) is 16.2 Å². The molecule has 0 radical (unpaired) electrons. The van der Waals surface area contributed by atoms with E-state index in [1.807, 2.05) is 6.07 Å². The number of hydrogen-bond acceptors (Lipinski definition) is 5. The van der Waals surface area contributed by atoms with Crippen LogP contribution in [0.5, 0.6) is 11.5 Å². The van der Waals surface area contributed by atoms with E-state index in [0.717, 1.165) is 24.3 Å². The van der Waals surface area contributed by atoms with E-state index in [0.29, 0.717) is 0 Å². The Bertz CT molecular complexity index is 1510. The normalized spacial score (nSPS) is 14.6. The van der Waals surface area contributed by atoms with Gasteiger partial charge >= 0.3 is 6.18 Å². The van der Waals surface area contributed by atoms with Crippen molar-refractivity contribution < 1.29 is 31.1 Å². The number of nitrogens with zero attached hydrogens (tertiary/aromatic N) is 2. The zero-order valence-corrected chi connectivity index (χ0v) is 22.3. The van der Waals surface area contributed by atoms with Crippen molar-refractivity contribution in [1.82, 2.24) is 9.62 Å². The highest BCUT2D eigenvalue weighted by Gasteiger charge is 2.32. The van der Waals surface area contributed by atoms with Crippen LogP contribution in [0.2, 0.25) is 10.0 Å². The first-order chi connectivity index (χ1) is 18.4. The number of benzene rings is 3. The van der Waals surface area contributed by atoms with Gasteiger partial charge in [0.15, 0.2) is 0 Å². The van der Waals surface area contributed by atoms with Crippen molar-refractivity contribution in [2.45, 2.75) is 30.0 Å². The van der Waals surface area contributed by atoms with E-state index in [4.69, 9.17) is 27.9 Å². The number of piperidine rings is 1. The molecule has 3 aromatic carbocycles. The third-order valence-electron chi connectivity index (χ3n) is 5.99. The second-order valence-electron chi connectivity index (χ2n) is 8.74. The lowest BCUT2D eigenvalue weighted by Crippen LogP contribution is -2.46. The molecule has 0 atom stereocenters. The second-order valence-corrected chi connectivity index (χ2v) is 11.3. The molecular formula is C26H20Cl2F3N3O4S. The molecule has 1 aliphatic heterocycles. The van der Waals surface area contributed by atoms with E-state index in [-0.39, 0.29) is 63.5 Å². The Balaban J connectivity index is 1.46. The van der Waals surface area contributed by atoms with Crippen molar-refractivity contribution in [1.29, 1.82) is 5.26 Å². The predicted molar refractivity (Wildman–Crippen MR) is 138 cm³/mol. The smallest absolute Gasteiger partial charge is 0.416 e. The van der Waals surface area contributed by atoms with Gasteiger partial charge in [-0.2, -0.15) is 18.4 Å². The molecule has 7 nitrogen and oxygen atoms in total. The van der Waals surface area contributed by atoms with E-state index < -0.39 is 33.7 Å². The summed E-state index contributed by atoms with van der Waals surface area (Å²) in [5.41, 5.74) is -0.642. The van der Waals surface area contributed by atoms with Crippen molar-refractivity contribution in [3.05, 3.63) is 87.4 Å². The lowest BCUT2D eigenvalue weighted by molar-refractivity contribution is -0.137. The lowest BCUT2D eigenvalue weighted by Gasteiger charge is -2.32. The molecule has 1 saturated heterocycles. The van der Waals surface area contributed by atoms with E-state index in [1.165, 1.54) is 41.3 Å². The number of sulfonamides is 1. The summed E-state index contributed by atoms with van der Waals surface area (Å²) in [7, 11) is -4.17. The van der Waals surface area contributed by atoms with Crippen LogP contribution in [0.15, 0.2) is 65.6 Å². The Morgan fingerprint density at radius 2 is 1.62 bits per heavy atom. The van der Waals surface area contributed by atoms with Gasteiger partial charge in [-0.3, -0.25) is 4.79 Å². The van der Waals surface area contributed by atoms with Crippen LogP contribution in [0.25, 0.3) is 0 Å². The van der Waals surface area contributed by atoms with Gasteiger partial charge in [0.25, 0.3) is 5.91 Å². The minimum Gasteiger partial charge on any atom is -0.456 e. The van der Waals surface area contributed by atoms with Gasteiger partial charge in [-0.25, -0.2) is 13.1 Å². The highest BCUT2D eigenvalue weighted by molar-refractivity contribution is 7.89. The standard InChI is InChI=1S/C26H20Cl2F3N3O4S/c27-19-12-20(28)14-22(13-19)38-23-6-1-16(15-32)11-24(23)39(36,37)33-21-7-9-34(10-8-21)25(35)17-2-4-18(5-3-17)26(29,30)31/h1-6,11-14,21,33H,7-10H2. The van der Waals surface area contributed by atoms with Crippen LogP contribution in [-0.4, -0.2) is 38.4 Å². The third kappa shape index (κ3) is 7.02. The maximum atomic E-state index is 13.3. The van der Waals surface area contributed by atoms with Crippen LogP contribution in [0.4, 0.5) is 13.2 Å². The second kappa shape index (κ2) is 11.4. The van der Waals surface area contributed by atoms with Crippen LogP contribution in [0.3, 0.4) is 0 Å². The minimum absolute atomic E-state index is 0.0465. The minimum atomic E-state index is -4.50. The molecule has 1 N–H and O–H groups in total. The van der Waals surface area contributed by atoms with Crippen molar-refractivity contribution in [3.8, 4) is 17.6 Å². The number of nitrogens with one attached hydrogen (secondary N) is 1. The first-order valence-corrected chi connectivity index (χ1v) is 13.8. The summed E-state index contributed by atoms with van der Waals surface area (Å²) in [5.74, 6) is -0.291. The quantitative estimate of drug-likeness (QED) is 0.361. The summed E-state index contributed by atoms with van der Waals surface area (Å²) >= 11 is 12.0. The predicted octanol–water partition coefficient (Wildman–Crippen LogP) is 6.26. The van der Waals surface area contributed by atoms with Crippen molar-refractivity contribution in [2.24, 2.45) is 0 Å². The van der Waals surface area contributed by atoms with Crippen molar-refractivity contribution >= 4 is 39.1 Å². The average Bonchev–Trinajstić information content (AvgIpc) is 2.87. The zero-order valence-electron chi connectivity index (χ0n) is 20.0. The summed E-state index contributed by atoms with van der Waals surface area (Å²) in [4.78, 5) is 13.9. The van der Waals surface area contributed by atoms with Gasteiger partial charge in [-0.15, -0.1) is 0 Å². The molecule has 39 heavy (non-hydrogen) atoms. The number of halogens is 5. The van der Waals surface area contributed by atoms with Gasteiger partial charge in [0, 0.05) is 34.7 Å². The first kappa shape index (κ1) is 28.7. The number of carbonyl (C=O) groups excluding carboxylic acids is 1. The van der Waals surface area contributed by atoms with E-state index in [9.17, 15) is 31.6 Å². The van der Waals surface area contributed by atoms with Crippen LogP contribution in [0, 0.1) is 11.3 Å². The molecule has 1 aliphatic rings. The molecule has 204 valence electrons. The Morgan fingerprint density at radius 3 is 2.18 bits per heavy atom. The van der Waals surface area contributed by atoms with Crippen LogP contribution in [0.1, 0.15) is 34.3 Å². The molecule has 0 saturated carbocycles. The van der Waals surface area contributed by atoms with Crippen LogP contribution >= 0.6 is 23.2 Å². The zero-order chi connectivity index (χ0) is 28.4. The summed E-state index contributed by atoms with van der Waals surface area (Å²) in [6.07, 6.45) is -3.97. The molecule has 0 unspecified atom stereocenters. The average molecular weight is 598 g/mol. The number of nitriles is 1. The van der Waals surface area contributed by atoms with E-state index >= 15 is 0 Å². The molecule has 0 aromatic heterocycles. The molecule has 4 rings (SSSR count). The molecule has 1 heterocycles. The largest absolute Gasteiger partial charge is 0.456 e. The number of hydrogen-bond donors (Lipinski definition) is 1. The van der Waals surface area contributed by atoms with Crippen LogP contribution < -0.4 is 9.46 Å². The number of rotatable bonds is 6. The molecule has 0 spiro atoms. The fourth-order valence-electron chi connectivity index (χ4n) is 4.05. The van der Waals surface area contributed by atoms with Gasteiger partial charge in [0.1, 0.15) is 16.4 Å². The molecule has 3 aromatic rings. The Labute approximate surface area is 232 Å². The maximum absolute atomic E-state index is 13.3. The van der Waals surface area contributed by atoms with E-state index in [1.54, 1.807) is 0 Å². The SMILES string of the molecule is N#Cc1ccc(Oc2cc(Cl)cc(Cl)c2)c(S(=O)(=O)NC2CCN(C(=O)c3ccc(C(F)(F)F)cc3)CC2)c1. The first-order valence-electron chi connectivity index (χ1n) is 11.5. The number of likely N-dealkylation sites (tertiary alicyclic amines) is 1. The van der Waals surface area contributed by atoms with Gasteiger partial charge in [-0.1, -0.05) is 23.2 Å². The monoisotopic (exact) mass is 597 g/mol. The number of amides is 1. The third-order valence-corrected chi connectivity index (χ3v) is 7.97. The molecular weight excluding hydrogens is 578 g/mol. The topological polar surface area (TPSA) is 99.5 Å². The summed E-state index contributed by atoms with van der Waals surface area (Å²) in [6, 6.07) is 13.7. The highest BCUT2D eigenvalue weighted by Crippen LogP contribution is 2.33. The van der Waals surface area contributed by atoms with Gasteiger partial charge in [0.05, 0.1) is 17.2 Å². The van der Waals surface area contributed by atoms with Gasteiger partial charge in [0.2, 0.25) is 10.0 Å². The maximum Gasteiger partial charge on any atom is 0.416 e. The van der Waals surface area contributed by atoms with E-state index in [2.05, 4.69) is 4.72 Å². The highest BCUT2D eigenvalue weighted by atomic mass is 35.5. The Hall–Kier alpha value is -3.30. The summed E-state index contributed by atoms with van der Waals surface area (Å²) < 4.78 is 73.4. The fourth-order valence-corrected chi connectivity index (χ4v) is 6.02. The Morgan fingerprint density at radius 1 is 1.00 bits per heavy atom. The number of carbonyl (C=O) groups is 1. The number of ether oxygens (including phenoxy) is 1. The fraction of sp³-hybridized carbons (Fsp3) is 0.231. The lowest BCUT2D eigenvalue weighted by atomic mass is 10.0. The summed E-state index contributed by atoms with van der Waals surface area (Å²) in [6.45, 7) is 0.380. The molecule has 13 heteroatoms. The van der Waals surface area contributed by atoms with Gasteiger partial charge in [-0.05, 0) is 73.5 Å². The molecule has 0 bridgehead atoms. The van der Waals surface area contributed by atoms with Gasteiger partial charge < -0.3 is 9.64 Å². The Kier molecular flexibility index (Phi) is 8.42.